The maximum atomic E-state index is 5.38. The van der Waals surface area contributed by atoms with Gasteiger partial charge in [-0.05, 0) is 19.8 Å². The standard InChI is InChI=1S/C9H17N3O/c1-7(2)9-5-12(11-10-9)6-13-8(3)4/h5,7-8H,6H2,1-4H3. The van der Waals surface area contributed by atoms with Crippen molar-refractivity contribution in [2.24, 2.45) is 0 Å². The van der Waals surface area contributed by atoms with E-state index in [9.17, 15) is 0 Å². The molecule has 0 aliphatic rings. The van der Waals surface area contributed by atoms with E-state index in [1.807, 2.05) is 20.0 Å². The first-order valence-corrected chi connectivity index (χ1v) is 4.61. The van der Waals surface area contributed by atoms with Gasteiger partial charge < -0.3 is 4.74 Å². The van der Waals surface area contributed by atoms with Crippen LogP contribution in [0.1, 0.15) is 39.3 Å². The first kappa shape index (κ1) is 10.2. The van der Waals surface area contributed by atoms with E-state index in [-0.39, 0.29) is 6.10 Å². The highest BCUT2D eigenvalue weighted by atomic mass is 16.5. The molecule has 1 aromatic heterocycles. The van der Waals surface area contributed by atoms with Gasteiger partial charge in [0.1, 0.15) is 6.73 Å². The summed E-state index contributed by atoms with van der Waals surface area (Å²) in [6.45, 7) is 8.67. The topological polar surface area (TPSA) is 39.9 Å². The molecule has 0 radical (unpaired) electrons. The van der Waals surface area contributed by atoms with Crippen LogP contribution in [-0.2, 0) is 11.5 Å². The normalized spacial score (nSPS) is 11.5. The van der Waals surface area contributed by atoms with Crippen molar-refractivity contribution >= 4 is 0 Å². The molecule has 0 aliphatic heterocycles. The fraction of sp³-hybridized carbons (Fsp3) is 0.778. The number of rotatable bonds is 4. The van der Waals surface area contributed by atoms with Gasteiger partial charge in [-0.2, -0.15) is 0 Å². The predicted octanol–water partition coefficient (Wildman–Crippen LogP) is 1.78. The number of hydrogen-bond donors (Lipinski definition) is 0. The molecule has 0 aliphatic carbocycles. The summed E-state index contributed by atoms with van der Waals surface area (Å²) in [5, 5.41) is 7.98. The second kappa shape index (κ2) is 4.37. The molecule has 0 saturated carbocycles. The highest BCUT2D eigenvalue weighted by Crippen LogP contribution is 2.08. The van der Waals surface area contributed by atoms with E-state index in [4.69, 9.17) is 4.74 Å². The second-order valence-electron chi connectivity index (χ2n) is 3.68. The Morgan fingerprint density at radius 1 is 1.38 bits per heavy atom. The summed E-state index contributed by atoms with van der Waals surface area (Å²) in [6.07, 6.45) is 2.15. The Kier molecular flexibility index (Phi) is 3.42. The van der Waals surface area contributed by atoms with Gasteiger partial charge in [0.05, 0.1) is 18.0 Å². The lowest BCUT2D eigenvalue weighted by Gasteiger charge is -2.05. The van der Waals surface area contributed by atoms with Gasteiger partial charge in [0.2, 0.25) is 0 Å². The van der Waals surface area contributed by atoms with E-state index in [0.717, 1.165) is 5.69 Å². The van der Waals surface area contributed by atoms with Crippen LogP contribution in [0.2, 0.25) is 0 Å². The molecule has 13 heavy (non-hydrogen) atoms. The van der Waals surface area contributed by atoms with Crippen LogP contribution in [0.25, 0.3) is 0 Å². The SMILES string of the molecule is CC(C)OCn1cc(C(C)C)nn1. The lowest BCUT2D eigenvalue weighted by Crippen LogP contribution is -2.08. The van der Waals surface area contributed by atoms with Gasteiger partial charge in [-0.3, -0.25) is 0 Å². The highest BCUT2D eigenvalue weighted by molar-refractivity contribution is 4.97. The zero-order valence-electron chi connectivity index (χ0n) is 8.69. The Morgan fingerprint density at radius 3 is 2.54 bits per heavy atom. The van der Waals surface area contributed by atoms with Gasteiger partial charge in [0.25, 0.3) is 0 Å². The van der Waals surface area contributed by atoms with Crippen molar-refractivity contribution in [1.82, 2.24) is 15.0 Å². The molecule has 0 bridgehead atoms. The Morgan fingerprint density at radius 2 is 2.08 bits per heavy atom. The van der Waals surface area contributed by atoms with Crippen molar-refractivity contribution in [2.75, 3.05) is 0 Å². The molecule has 0 unspecified atom stereocenters. The molecule has 74 valence electrons. The number of ether oxygens (including phenoxy) is 1. The van der Waals surface area contributed by atoms with Crippen molar-refractivity contribution in [1.29, 1.82) is 0 Å². The van der Waals surface area contributed by atoms with Crippen LogP contribution >= 0.6 is 0 Å². The van der Waals surface area contributed by atoms with Crippen molar-refractivity contribution in [3.05, 3.63) is 11.9 Å². The second-order valence-corrected chi connectivity index (χ2v) is 3.68. The van der Waals surface area contributed by atoms with Gasteiger partial charge in [0.15, 0.2) is 0 Å². The molecule has 1 rings (SSSR count). The van der Waals surface area contributed by atoms with Gasteiger partial charge in [-0.15, -0.1) is 5.10 Å². The molecule has 0 N–H and O–H groups in total. The molecule has 4 heteroatoms. The first-order chi connectivity index (χ1) is 6.09. The minimum atomic E-state index is 0.228. The summed E-state index contributed by atoms with van der Waals surface area (Å²) >= 11 is 0. The molecule has 0 amide bonds. The summed E-state index contributed by atoms with van der Waals surface area (Å²) in [7, 11) is 0. The van der Waals surface area contributed by atoms with E-state index in [1.165, 1.54) is 0 Å². The zero-order valence-corrected chi connectivity index (χ0v) is 8.69. The third kappa shape index (κ3) is 3.14. The van der Waals surface area contributed by atoms with E-state index < -0.39 is 0 Å². The minimum absolute atomic E-state index is 0.228. The number of nitrogens with zero attached hydrogens (tertiary/aromatic N) is 3. The summed E-state index contributed by atoms with van der Waals surface area (Å²) in [6, 6.07) is 0. The van der Waals surface area contributed by atoms with Crippen LogP contribution in [0.3, 0.4) is 0 Å². The zero-order chi connectivity index (χ0) is 9.84. The van der Waals surface area contributed by atoms with E-state index in [2.05, 4.69) is 24.2 Å². The van der Waals surface area contributed by atoms with Crippen molar-refractivity contribution in [3.63, 3.8) is 0 Å². The molecule has 4 nitrogen and oxygen atoms in total. The molecule has 1 aromatic rings. The van der Waals surface area contributed by atoms with Crippen molar-refractivity contribution in [3.8, 4) is 0 Å². The molecular weight excluding hydrogens is 166 g/mol. The fourth-order valence-corrected chi connectivity index (χ4v) is 0.866. The molecule has 0 saturated heterocycles. The first-order valence-electron chi connectivity index (χ1n) is 4.61. The van der Waals surface area contributed by atoms with Crippen LogP contribution in [-0.4, -0.2) is 21.1 Å². The molecule has 0 aromatic carbocycles. The lowest BCUT2D eigenvalue weighted by molar-refractivity contribution is 0.0211. The van der Waals surface area contributed by atoms with Gasteiger partial charge in [-0.25, -0.2) is 4.68 Å². The van der Waals surface area contributed by atoms with Crippen LogP contribution in [0.4, 0.5) is 0 Å². The average Bonchev–Trinajstić information content (AvgIpc) is 2.48. The van der Waals surface area contributed by atoms with Gasteiger partial charge in [-0.1, -0.05) is 19.1 Å². The lowest BCUT2D eigenvalue weighted by atomic mass is 10.2. The third-order valence-corrected chi connectivity index (χ3v) is 1.69. The summed E-state index contributed by atoms with van der Waals surface area (Å²) in [4.78, 5) is 0. The van der Waals surface area contributed by atoms with Crippen LogP contribution in [0, 0.1) is 0 Å². The van der Waals surface area contributed by atoms with Crippen LogP contribution in [0.15, 0.2) is 6.20 Å². The fourth-order valence-electron chi connectivity index (χ4n) is 0.866. The molecule has 0 atom stereocenters. The maximum Gasteiger partial charge on any atom is 0.141 e. The molecule has 1 heterocycles. The number of aromatic nitrogens is 3. The Balaban J connectivity index is 2.49. The molecule has 0 spiro atoms. The largest absolute Gasteiger partial charge is 0.357 e. The smallest absolute Gasteiger partial charge is 0.141 e. The predicted molar refractivity (Wildman–Crippen MR) is 50.3 cm³/mol. The van der Waals surface area contributed by atoms with E-state index in [0.29, 0.717) is 12.6 Å². The van der Waals surface area contributed by atoms with Crippen LogP contribution in [0.5, 0.6) is 0 Å². The summed E-state index contributed by atoms with van der Waals surface area (Å²) < 4.78 is 7.10. The third-order valence-electron chi connectivity index (χ3n) is 1.69. The monoisotopic (exact) mass is 183 g/mol. The van der Waals surface area contributed by atoms with Gasteiger partial charge >= 0.3 is 0 Å². The quantitative estimate of drug-likeness (QED) is 0.714. The Labute approximate surface area is 78.9 Å². The van der Waals surface area contributed by atoms with Crippen LogP contribution < -0.4 is 0 Å². The number of hydrogen-bond acceptors (Lipinski definition) is 3. The maximum absolute atomic E-state index is 5.38. The minimum Gasteiger partial charge on any atom is -0.357 e. The highest BCUT2D eigenvalue weighted by Gasteiger charge is 2.04. The van der Waals surface area contributed by atoms with E-state index >= 15 is 0 Å². The summed E-state index contributed by atoms with van der Waals surface area (Å²) in [5.41, 5.74) is 1.01. The summed E-state index contributed by atoms with van der Waals surface area (Å²) in [5.74, 6) is 0.424. The van der Waals surface area contributed by atoms with Crippen molar-refractivity contribution < 1.29 is 4.74 Å². The Hall–Kier alpha value is -0.900. The average molecular weight is 183 g/mol. The van der Waals surface area contributed by atoms with Gasteiger partial charge in [0, 0.05) is 0 Å². The van der Waals surface area contributed by atoms with Crippen molar-refractivity contribution in [2.45, 2.75) is 46.4 Å². The molecule has 0 fully saturated rings. The molecular formula is C9H17N3O. The Bertz CT molecular complexity index is 255. The van der Waals surface area contributed by atoms with E-state index in [1.54, 1.807) is 4.68 Å².